The fourth-order valence-corrected chi connectivity index (χ4v) is 5.91. The standard InChI is InChI=1S/C10H12BrNO5S2/c11-8-1-4-18-10(8)19(15,16)12-2-3-17-6-7(12)5-9(13)14/h1,4,7H,2-3,5-6H2,(H,13,14). The van der Waals surface area contributed by atoms with E-state index in [0.29, 0.717) is 4.47 Å². The van der Waals surface area contributed by atoms with Crippen molar-refractivity contribution in [2.75, 3.05) is 19.8 Å². The number of thiophene rings is 1. The smallest absolute Gasteiger partial charge is 0.305 e. The molecule has 2 rings (SSSR count). The Kier molecular flexibility index (Phi) is 4.62. The summed E-state index contributed by atoms with van der Waals surface area (Å²) in [6.07, 6.45) is -0.262. The molecule has 9 heteroatoms. The summed E-state index contributed by atoms with van der Waals surface area (Å²) in [6, 6.07) is 0.995. The van der Waals surface area contributed by atoms with Gasteiger partial charge in [0, 0.05) is 11.0 Å². The molecule has 0 aromatic carbocycles. The zero-order chi connectivity index (χ0) is 14.0. The van der Waals surface area contributed by atoms with E-state index in [4.69, 9.17) is 9.84 Å². The van der Waals surface area contributed by atoms with Gasteiger partial charge in [0.25, 0.3) is 10.0 Å². The molecule has 6 nitrogen and oxygen atoms in total. The number of rotatable bonds is 4. The minimum atomic E-state index is -3.68. The SMILES string of the molecule is O=C(O)CC1COCCN1S(=O)(=O)c1sccc1Br. The molecule has 1 aromatic heterocycles. The Labute approximate surface area is 123 Å². The van der Waals surface area contributed by atoms with Gasteiger partial charge in [0.05, 0.1) is 25.7 Å². The lowest BCUT2D eigenvalue weighted by Crippen LogP contribution is -2.49. The fourth-order valence-electron chi connectivity index (χ4n) is 1.89. The van der Waals surface area contributed by atoms with E-state index < -0.39 is 22.0 Å². The van der Waals surface area contributed by atoms with Crippen LogP contribution in [0.25, 0.3) is 0 Å². The molecule has 0 radical (unpaired) electrons. The van der Waals surface area contributed by atoms with Crippen LogP contribution in [0.5, 0.6) is 0 Å². The number of carbonyl (C=O) groups is 1. The molecule has 1 atom stereocenters. The number of halogens is 1. The van der Waals surface area contributed by atoms with Crippen LogP contribution in [0.15, 0.2) is 20.1 Å². The third-order valence-electron chi connectivity index (χ3n) is 2.71. The van der Waals surface area contributed by atoms with Crippen molar-refractivity contribution in [1.82, 2.24) is 4.31 Å². The molecule has 19 heavy (non-hydrogen) atoms. The first-order valence-electron chi connectivity index (χ1n) is 5.47. The van der Waals surface area contributed by atoms with Crippen molar-refractivity contribution in [3.63, 3.8) is 0 Å². The molecular weight excluding hydrogens is 358 g/mol. The van der Waals surface area contributed by atoms with Gasteiger partial charge in [-0.15, -0.1) is 11.3 Å². The Morgan fingerprint density at radius 3 is 2.95 bits per heavy atom. The lowest BCUT2D eigenvalue weighted by atomic mass is 10.2. The highest BCUT2D eigenvalue weighted by Gasteiger charge is 2.36. The minimum Gasteiger partial charge on any atom is -0.481 e. The summed E-state index contributed by atoms with van der Waals surface area (Å²) in [5.41, 5.74) is 0. The molecule has 1 aliphatic heterocycles. The van der Waals surface area contributed by atoms with E-state index in [1.54, 1.807) is 11.4 Å². The molecule has 1 unspecified atom stereocenters. The van der Waals surface area contributed by atoms with Crippen LogP contribution in [0.1, 0.15) is 6.42 Å². The van der Waals surface area contributed by atoms with E-state index in [2.05, 4.69) is 15.9 Å². The highest BCUT2D eigenvalue weighted by atomic mass is 79.9. The number of sulfonamides is 1. The summed E-state index contributed by atoms with van der Waals surface area (Å²) in [5.74, 6) is -1.04. The van der Waals surface area contributed by atoms with Crippen LogP contribution in [0.4, 0.5) is 0 Å². The number of ether oxygens (including phenoxy) is 1. The summed E-state index contributed by atoms with van der Waals surface area (Å²) in [4.78, 5) is 10.8. The topological polar surface area (TPSA) is 83.9 Å². The third kappa shape index (κ3) is 3.16. The quantitative estimate of drug-likeness (QED) is 0.866. The van der Waals surface area contributed by atoms with Crippen LogP contribution in [-0.4, -0.2) is 49.6 Å². The molecule has 0 aliphatic carbocycles. The Morgan fingerprint density at radius 2 is 2.37 bits per heavy atom. The maximum Gasteiger partial charge on any atom is 0.305 e. The van der Waals surface area contributed by atoms with Gasteiger partial charge in [-0.2, -0.15) is 4.31 Å². The molecule has 2 heterocycles. The first-order chi connectivity index (χ1) is 8.93. The second kappa shape index (κ2) is 5.88. The Balaban J connectivity index is 2.32. The number of carboxylic acids is 1. The lowest BCUT2D eigenvalue weighted by molar-refractivity contribution is -0.139. The molecule has 1 N–H and O–H groups in total. The molecule has 106 valence electrons. The van der Waals surface area contributed by atoms with Gasteiger partial charge >= 0.3 is 5.97 Å². The minimum absolute atomic E-state index is 0.106. The summed E-state index contributed by atoms with van der Waals surface area (Å²) >= 11 is 4.30. The first-order valence-corrected chi connectivity index (χ1v) is 8.58. The molecule has 0 bridgehead atoms. The molecule has 1 saturated heterocycles. The van der Waals surface area contributed by atoms with E-state index in [1.165, 1.54) is 4.31 Å². The lowest BCUT2D eigenvalue weighted by Gasteiger charge is -2.33. The van der Waals surface area contributed by atoms with E-state index >= 15 is 0 Å². The van der Waals surface area contributed by atoms with Crippen molar-refractivity contribution in [3.05, 3.63) is 15.9 Å². The van der Waals surface area contributed by atoms with Gasteiger partial charge < -0.3 is 9.84 Å². The maximum absolute atomic E-state index is 12.5. The van der Waals surface area contributed by atoms with Gasteiger partial charge in [-0.05, 0) is 27.4 Å². The zero-order valence-electron chi connectivity index (χ0n) is 9.78. The van der Waals surface area contributed by atoms with Crippen molar-refractivity contribution in [1.29, 1.82) is 0 Å². The fraction of sp³-hybridized carbons (Fsp3) is 0.500. The predicted molar refractivity (Wildman–Crippen MR) is 72.8 cm³/mol. The summed E-state index contributed by atoms with van der Waals surface area (Å²) in [5, 5.41) is 10.5. The van der Waals surface area contributed by atoms with Crippen LogP contribution >= 0.6 is 27.3 Å². The van der Waals surface area contributed by atoms with E-state index in [-0.39, 0.29) is 30.4 Å². The second-order valence-electron chi connectivity index (χ2n) is 4.00. The van der Waals surface area contributed by atoms with Crippen molar-refractivity contribution in [2.24, 2.45) is 0 Å². The van der Waals surface area contributed by atoms with Gasteiger partial charge in [0.15, 0.2) is 0 Å². The Morgan fingerprint density at radius 1 is 1.63 bits per heavy atom. The average Bonchev–Trinajstić information content (AvgIpc) is 2.76. The normalized spacial score (nSPS) is 21.4. The highest BCUT2D eigenvalue weighted by molar-refractivity contribution is 9.10. The molecule has 1 fully saturated rings. The van der Waals surface area contributed by atoms with Gasteiger partial charge in [0.1, 0.15) is 4.21 Å². The average molecular weight is 370 g/mol. The summed E-state index contributed by atoms with van der Waals surface area (Å²) < 4.78 is 32.1. The van der Waals surface area contributed by atoms with Crippen LogP contribution in [0, 0.1) is 0 Å². The number of carboxylic acid groups (broad SMARTS) is 1. The number of hydrogen-bond donors (Lipinski definition) is 1. The zero-order valence-corrected chi connectivity index (χ0v) is 13.0. The Bertz CT molecular complexity index is 570. The van der Waals surface area contributed by atoms with Crippen LogP contribution < -0.4 is 0 Å². The van der Waals surface area contributed by atoms with Gasteiger partial charge in [-0.3, -0.25) is 4.79 Å². The van der Waals surface area contributed by atoms with Gasteiger partial charge in [-0.25, -0.2) is 8.42 Å². The van der Waals surface area contributed by atoms with E-state index in [1.807, 2.05) is 0 Å². The highest BCUT2D eigenvalue weighted by Crippen LogP contribution is 2.32. The number of morpholine rings is 1. The Hall–Kier alpha value is -0.480. The third-order valence-corrected chi connectivity index (χ3v) is 7.31. The maximum atomic E-state index is 12.5. The predicted octanol–water partition coefficient (Wildman–Crippen LogP) is 1.37. The van der Waals surface area contributed by atoms with Crippen LogP contribution in [0.3, 0.4) is 0 Å². The van der Waals surface area contributed by atoms with Gasteiger partial charge in [-0.1, -0.05) is 0 Å². The van der Waals surface area contributed by atoms with Crippen molar-refractivity contribution < 1.29 is 23.1 Å². The summed E-state index contributed by atoms with van der Waals surface area (Å²) in [7, 11) is -3.68. The monoisotopic (exact) mass is 369 g/mol. The van der Waals surface area contributed by atoms with Crippen molar-refractivity contribution >= 4 is 43.3 Å². The molecule has 0 saturated carbocycles. The van der Waals surface area contributed by atoms with Crippen molar-refractivity contribution in [3.8, 4) is 0 Å². The summed E-state index contributed by atoms with van der Waals surface area (Å²) in [6.45, 7) is 0.553. The van der Waals surface area contributed by atoms with E-state index in [0.717, 1.165) is 11.3 Å². The van der Waals surface area contributed by atoms with Crippen LogP contribution in [0.2, 0.25) is 0 Å². The second-order valence-corrected chi connectivity index (χ2v) is 7.85. The van der Waals surface area contributed by atoms with Gasteiger partial charge in [0.2, 0.25) is 0 Å². The van der Waals surface area contributed by atoms with Crippen LogP contribution in [-0.2, 0) is 19.6 Å². The largest absolute Gasteiger partial charge is 0.481 e. The first kappa shape index (κ1) is 14.9. The number of nitrogens with zero attached hydrogens (tertiary/aromatic N) is 1. The number of aliphatic carboxylic acids is 1. The van der Waals surface area contributed by atoms with Crippen molar-refractivity contribution in [2.45, 2.75) is 16.7 Å². The molecule has 1 aliphatic rings. The van der Waals surface area contributed by atoms with E-state index in [9.17, 15) is 13.2 Å². The molecular formula is C10H12BrNO5S2. The molecule has 0 amide bonds. The molecule has 0 spiro atoms. The molecule has 1 aromatic rings. The number of hydrogen-bond acceptors (Lipinski definition) is 5.